The van der Waals surface area contributed by atoms with Crippen LogP contribution >= 0.6 is 23.8 Å². The van der Waals surface area contributed by atoms with Gasteiger partial charge in [0.2, 0.25) is 0 Å². The number of likely N-dealkylation sites (N-methyl/N-ethyl adjacent to an activating group) is 1. The Morgan fingerprint density at radius 3 is 2.48 bits per heavy atom. The molecule has 2 rings (SSSR count). The summed E-state index contributed by atoms with van der Waals surface area (Å²) in [6.07, 6.45) is 0. The molecule has 0 aliphatic rings. The van der Waals surface area contributed by atoms with Gasteiger partial charge in [-0.1, -0.05) is 29.8 Å². The predicted molar refractivity (Wildman–Crippen MR) is 92.2 cm³/mol. The van der Waals surface area contributed by atoms with Crippen LogP contribution in [0.25, 0.3) is 0 Å². The Balaban J connectivity index is 1.76. The number of benzene rings is 2. The standard InChI is InChI=1S/C16H17ClN2OS/c1-19(11-12-20-15-5-3-2-4-6-15)16(21)18-14-9-7-13(17)8-10-14/h2-10H,11-12H2,1H3,(H,18,21). The second kappa shape index (κ2) is 7.86. The van der Waals surface area contributed by atoms with Gasteiger partial charge in [0.15, 0.2) is 5.11 Å². The van der Waals surface area contributed by atoms with Crippen LogP contribution < -0.4 is 10.1 Å². The maximum Gasteiger partial charge on any atom is 0.173 e. The number of para-hydroxylation sites is 1. The molecule has 2 aromatic rings. The number of halogens is 1. The first-order valence-electron chi connectivity index (χ1n) is 6.61. The van der Waals surface area contributed by atoms with E-state index in [9.17, 15) is 0 Å². The van der Waals surface area contributed by atoms with E-state index in [1.165, 1.54) is 0 Å². The van der Waals surface area contributed by atoms with Crippen LogP contribution in [0, 0.1) is 0 Å². The van der Waals surface area contributed by atoms with Crippen molar-refractivity contribution in [3.63, 3.8) is 0 Å². The van der Waals surface area contributed by atoms with E-state index in [2.05, 4.69) is 5.32 Å². The lowest BCUT2D eigenvalue weighted by molar-refractivity contribution is 0.285. The van der Waals surface area contributed by atoms with Crippen LogP contribution in [0.2, 0.25) is 5.02 Å². The maximum atomic E-state index is 5.85. The number of rotatable bonds is 5. The van der Waals surface area contributed by atoms with Gasteiger partial charge in [0.05, 0.1) is 6.54 Å². The minimum Gasteiger partial charge on any atom is -0.492 e. The van der Waals surface area contributed by atoms with Crippen molar-refractivity contribution in [2.24, 2.45) is 0 Å². The molecule has 1 N–H and O–H groups in total. The lowest BCUT2D eigenvalue weighted by atomic mass is 10.3. The minimum atomic E-state index is 0.572. The molecule has 110 valence electrons. The van der Waals surface area contributed by atoms with Gasteiger partial charge in [-0.3, -0.25) is 0 Å². The topological polar surface area (TPSA) is 24.5 Å². The normalized spacial score (nSPS) is 10.0. The number of hydrogen-bond acceptors (Lipinski definition) is 2. The number of nitrogens with zero attached hydrogens (tertiary/aromatic N) is 1. The van der Waals surface area contributed by atoms with E-state index < -0.39 is 0 Å². The highest BCUT2D eigenvalue weighted by Crippen LogP contribution is 2.14. The predicted octanol–water partition coefficient (Wildman–Crippen LogP) is 4.05. The van der Waals surface area contributed by atoms with Crippen LogP contribution in [0.4, 0.5) is 5.69 Å². The van der Waals surface area contributed by atoms with E-state index in [1.807, 2.05) is 66.5 Å². The highest BCUT2D eigenvalue weighted by molar-refractivity contribution is 7.80. The average Bonchev–Trinajstić information content (AvgIpc) is 2.50. The fourth-order valence-electron chi connectivity index (χ4n) is 1.67. The highest BCUT2D eigenvalue weighted by Gasteiger charge is 2.05. The first-order chi connectivity index (χ1) is 10.1. The van der Waals surface area contributed by atoms with Crippen molar-refractivity contribution in [1.82, 2.24) is 4.90 Å². The summed E-state index contributed by atoms with van der Waals surface area (Å²) >= 11 is 11.2. The van der Waals surface area contributed by atoms with Gasteiger partial charge < -0.3 is 15.0 Å². The largest absolute Gasteiger partial charge is 0.492 e. The van der Waals surface area contributed by atoms with E-state index >= 15 is 0 Å². The van der Waals surface area contributed by atoms with Crippen LogP contribution in [-0.4, -0.2) is 30.2 Å². The van der Waals surface area contributed by atoms with Gasteiger partial charge >= 0.3 is 0 Å². The molecule has 21 heavy (non-hydrogen) atoms. The number of anilines is 1. The summed E-state index contributed by atoms with van der Waals surface area (Å²) in [5.41, 5.74) is 0.917. The summed E-state index contributed by atoms with van der Waals surface area (Å²) in [7, 11) is 1.93. The summed E-state index contributed by atoms with van der Waals surface area (Å²) in [6.45, 7) is 1.28. The van der Waals surface area contributed by atoms with Crippen molar-refractivity contribution in [2.75, 3.05) is 25.5 Å². The molecular formula is C16H17ClN2OS. The second-order valence-corrected chi connectivity index (χ2v) is 5.34. The Labute approximate surface area is 135 Å². The van der Waals surface area contributed by atoms with E-state index in [0.717, 1.165) is 11.4 Å². The fourth-order valence-corrected chi connectivity index (χ4v) is 2.01. The van der Waals surface area contributed by atoms with E-state index in [1.54, 1.807) is 0 Å². The summed E-state index contributed by atoms with van der Waals surface area (Å²) in [6, 6.07) is 17.2. The Bertz CT molecular complexity index is 575. The number of ether oxygens (including phenoxy) is 1. The lowest BCUT2D eigenvalue weighted by Crippen LogP contribution is -2.34. The summed E-state index contributed by atoms with van der Waals surface area (Å²) in [5.74, 6) is 0.863. The Kier molecular flexibility index (Phi) is 5.84. The number of hydrogen-bond donors (Lipinski definition) is 1. The first-order valence-corrected chi connectivity index (χ1v) is 7.39. The smallest absolute Gasteiger partial charge is 0.173 e. The van der Waals surface area contributed by atoms with Crippen LogP contribution in [0.5, 0.6) is 5.75 Å². The van der Waals surface area contributed by atoms with E-state index in [0.29, 0.717) is 23.3 Å². The molecular weight excluding hydrogens is 304 g/mol. The van der Waals surface area contributed by atoms with Gasteiger partial charge in [0.1, 0.15) is 12.4 Å². The van der Waals surface area contributed by atoms with Crippen molar-refractivity contribution in [2.45, 2.75) is 0 Å². The Hall–Kier alpha value is -1.78. The zero-order valence-corrected chi connectivity index (χ0v) is 13.3. The molecule has 2 aromatic carbocycles. The van der Waals surface area contributed by atoms with Gasteiger partial charge in [-0.05, 0) is 48.6 Å². The molecule has 3 nitrogen and oxygen atoms in total. The monoisotopic (exact) mass is 320 g/mol. The number of thiocarbonyl (C=S) groups is 1. The zero-order valence-electron chi connectivity index (χ0n) is 11.8. The zero-order chi connectivity index (χ0) is 15.1. The quantitative estimate of drug-likeness (QED) is 0.840. The third kappa shape index (κ3) is 5.25. The first kappa shape index (κ1) is 15.6. The Morgan fingerprint density at radius 1 is 1.14 bits per heavy atom. The summed E-state index contributed by atoms with van der Waals surface area (Å²) in [4.78, 5) is 1.94. The molecule has 0 aromatic heterocycles. The highest BCUT2D eigenvalue weighted by atomic mass is 35.5. The molecule has 0 spiro atoms. The molecule has 0 heterocycles. The van der Waals surface area contributed by atoms with E-state index in [-0.39, 0.29) is 0 Å². The van der Waals surface area contributed by atoms with Crippen LogP contribution in [0.1, 0.15) is 0 Å². The molecule has 0 radical (unpaired) electrons. The molecule has 0 aliphatic carbocycles. The second-order valence-electron chi connectivity index (χ2n) is 4.52. The fraction of sp³-hybridized carbons (Fsp3) is 0.188. The third-order valence-electron chi connectivity index (χ3n) is 2.88. The van der Waals surface area contributed by atoms with Crippen LogP contribution in [-0.2, 0) is 0 Å². The van der Waals surface area contributed by atoms with E-state index in [4.69, 9.17) is 28.6 Å². The number of nitrogens with one attached hydrogen (secondary N) is 1. The van der Waals surface area contributed by atoms with Gasteiger partial charge in [-0.25, -0.2) is 0 Å². The molecule has 0 fully saturated rings. The summed E-state index contributed by atoms with van der Waals surface area (Å²) in [5, 5.41) is 4.51. The van der Waals surface area contributed by atoms with Gasteiger partial charge in [-0.15, -0.1) is 0 Å². The van der Waals surface area contributed by atoms with Gasteiger partial charge in [0.25, 0.3) is 0 Å². The molecule has 0 aliphatic heterocycles. The maximum absolute atomic E-state index is 5.85. The SMILES string of the molecule is CN(CCOc1ccccc1)C(=S)Nc1ccc(Cl)cc1. The molecule has 0 unspecified atom stereocenters. The molecule has 5 heteroatoms. The molecule has 0 saturated heterocycles. The van der Waals surface area contributed by atoms with Gasteiger partial charge in [-0.2, -0.15) is 0 Å². The molecule has 0 saturated carbocycles. The van der Waals surface area contributed by atoms with Gasteiger partial charge in [0, 0.05) is 17.8 Å². The van der Waals surface area contributed by atoms with Crippen molar-refractivity contribution in [3.05, 3.63) is 59.6 Å². The molecule has 0 bridgehead atoms. The van der Waals surface area contributed by atoms with Crippen molar-refractivity contribution >= 4 is 34.6 Å². The van der Waals surface area contributed by atoms with Crippen LogP contribution in [0.3, 0.4) is 0 Å². The molecule has 0 atom stereocenters. The van der Waals surface area contributed by atoms with Crippen molar-refractivity contribution in [1.29, 1.82) is 0 Å². The third-order valence-corrected chi connectivity index (χ3v) is 3.55. The lowest BCUT2D eigenvalue weighted by Gasteiger charge is -2.21. The minimum absolute atomic E-state index is 0.572. The van der Waals surface area contributed by atoms with Crippen LogP contribution in [0.15, 0.2) is 54.6 Å². The average molecular weight is 321 g/mol. The Morgan fingerprint density at radius 2 is 1.81 bits per heavy atom. The molecule has 0 amide bonds. The summed E-state index contributed by atoms with van der Waals surface area (Å²) < 4.78 is 5.65. The van der Waals surface area contributed by atoms with Crippen molar-refractivity contribution in [3.8, 4) is 5.75 Å². The van der Waals surface area contributed by atoms with Crippen molar-refractivity contribution < 1.29 is 4.74 Å².